The number of hydrogen-bond donors (Lipinski definition) is 4. The van der Waals surface area contributed by atoms with E-state index in [9.17, 15) is 24.0 Å². The Morgan fingerprint density at radius 3 is 2.30 bits per heavy atom. The Kier molecular flexibility index (Phi) is 9.48. The maximum Gasteiger partial charge on any atom is 0.289 e. The van der Waals surface area contributed by atoms with Gasteiger partial charge in [-0.2, -0.15) is 0 Å². The van der Waals surface area contributed by atoms with E-state index in [4.69, 9.17) is 11.6 Å². The number of rotatable bonds is 11. The number of amides is 4. The topological polar surface area (TPSA) is 133 Å². The van der Waals surface area contributed by atoms with E-state index in [1.165, 1.54) is 6.08 Å². The zero-order valence-electron chi connectivity index (χ0n) is 21.4. The lowest BCUT2D eigenvalue weighted by atomic mass is 9.87. The summed E-state index contributed by atoms with van der Waals surface area (Å²) in [5, 5.41) is 11.3. The summed E-state index contributed by atoms with van der Waals surface area (Å²) in [7, 11) is 0. The minimum Gasteiger partial charge on any atom is -0.356 e. The number of nitrogens with one attached hydrogen (secondary N) is 4. The fourth-order valence-electron chi connectivity index (χ4n) is 4.09. The van der Waals surface area contributed by atoms with E-state index in [-0.39, 0.29) is 23.8 Å². The second-order valence-corrected chi connectivity index (χ2v) is 11.3. The summed E-state index contributed by atoms with van der Waals surface area (Å²) < 4.78 is 0. The Bertz CT molecular complexity index is 1060. The van der Waals surface area contributed by atoms with Crippen LogP contribution in [0.15, 0.2) is 30.3 Å². The van der Waals surface area contributed by atoms with Crippen LogP contribution in [-0.4, -0.2) is 54.1 Å². The van der Waals surface area contributed by atoms with E-state index in [1.54, 1.807) is 30.3 Å². The predicted molar refractivity (Wildman–Crippen MR) is 140 cm³/mol. The van der Waals surface area contributed by atoms with Crippen LogP contribution in [0.2, 0.25) is 5.02 Å². The Hall–Kier alpha value is -3.20. The summed E-state index contributed by atoms with van der Waals surface area (Å²) >= 11 is 5.89. The standard InChI is InChI=1S/C27H35ClN4O5/c1-27(2,3)15-21(31-22(33)11-6-16-4-7-18(28)8-5-16)25(36)32-20(14-17-12-13-29-24(17)35)23(34)26(37)30-19-9-10-19/h4-8,11,17,19-21H,9-10,12-15H2,1-3H3,(H,29,35)(H,30,37)(H,31,33)(H,32,36)/b11-6+/t17?,20?,21-/m0/s1. The SMILES string of the molecule is CC(C)(C)C[C@H](NC(=O)/C=C/c1ccc(Cl)cc1)C(=O)NC(CC1CCNC1=O)C(=O)C(=O)NC1CC1. The van der Waals surface area contributed by atoms with E-state index in [2.05, 4.69) is 21.3 Å². The zero-order chi connectivity index (χ0) is 27.2. The summed E-state index contributed by atoms with van der Waals surface area (Å²) in [6.07, 6.45) is 5.36. The first-order valence-electron chi connectivity index (χ1n) is 12.6. The smallest absolute Gasteiger partial charge is 0.289 e. The summed E-state index contributed by atoms with van der Waals surface area (Å²) in [5.74, 6) is -3.32. The second kappa shape index (κ2) is 12.4. The monoisotopic (exact) mass is 530 g/mol. The minimum atomic E-state index is -1.18. The van der Waals surface area contributed by atoms with Gasteiger partial charge in [0.25, 0.3) is 5.91 Å². The van der Waals surface area contributed by atoms with Crippen LogP contribution in [0.25, 0.3) is 6.08 Å². The molecule has 1 saturated carbocycles. The second-order valence-electron chi connectivity index (χ2n) is 10.9. The van der Waals surface area contributed by atoms with Crippen LogP contribution >= 0.6 is 11.6 Å². The quantitative estimate of drug-likeness (QED) is 0.257. The van der Waals surface area contributed by atoms with Crippen LogP contribution in [0.3, 0.4) is 0 Å². The van der Waals surface area contributed by atoms with Gasteiger partial charge in [-0.25, -0.2) is 0 Å². The number of halogens is 1. The van der Waals surface area contributed by atoms with Crippen molar-refractivity contribution in [3.63, 3.8) is 0 Å². The van der Waals surface area contributed by atoms with E-state index in [1.807, 2.05) is 20.8 Å². The van der Waals surface area contributed by atoms with Crippen molar-refractivity contribution in [2.75, 3.05) is 6.54 Å². The molecule has 3 atom stereocenters. The average molecular weight is 531 g/mol. The van der Waals surface area contributed by atoms with Crippen LogP contribution in [0, 0.1) is 11.3 Å². The van der Waals surface area contributed by atoms with Gasteiger partial charge in [-0.15, -0.1) is 0 Å². The maximum atomic E-state index is 13.3. The molecule has 10 heteroatoms. The molecule has 3 rings (SSSR count). The molecule has 1 aliphatic carbocycles. The predicted octanol–water partition coefficient (Wildman–Crippen LogP) is 2.13. The summed E-state index contributed by atoms with van der Waals surface area (Å²) in [6, 6.07) is 4.77. The lowest BCUT2D eigenvalue weighted by Crippen LogP contribution is -2.55. The molecule has 2 aliphatic rings. The Balaban J connectivity index is 1.72. The molecule has 200 valence electrons. The van der Waals surface area contributed by atoms with Gasteiger partial charge < -0.3 is 21.3 Å². The molecule has 1 heterocycles. The molecule has 1 aromatic carbocycles. The van der Waals surface area contributed by atoms with Gasteiger partial charge in [-0.05, 0) is 61.3 Å². The lowest BCUT2D eigenvalue weighted by molar-refractivity contribution is -0.141. The Morgan fingerprint density at radius 1 is 1.05 bits per heavy atom. The highest BCUT2D eigenvalue weighted by atomic mass is 35.5. The number of carbonyl (C=O) groups excluding carboxylic acids is 5. The highest BCUT2D eigenvalue weighted by molar-refractivity contribution is 6.38. The van der Waals surface area contributed by atoms with E-state index in [0.717, 1.165) is 18.4 Å². The summed E-state index contributed by atoms with van der Waals surface area (Å²) in [5.41, 5.74) is 0.433. The fraction of sp³-hybridized carbons (Fsp3) is 0.519. The van der Waals surface area contributed by atoms with E-state index < -0.39 is 41.5 Å². The maximum absolute atomic E-state index is 13.3. The van der Waals surface area contributed by atoms with Gasteiger partial charge in [0.15, 0.2) is 0 Å². The van der Waals surface area contributed by atoms with Crippen molar-refractivity contribution in [3.8, 4) is 0 Å². The average Bonchev–Trinajstić information content (AvgIpc) is 3.55. The van der Waals surface area contributed by atoms with Crippen molar-refractivity contribution in [3.05, 3.63) is 40.9 Å². The molecule has 1 aromatic rings. The van der Waals surface area contributed by atoms with Gasteiger partial charge in [0.2, 0.25) is 23.5 Å². The fourth-order valence-corrected chi connectivity index (χ4v) is 4.21. The zero-order valence-corrected chi connectivity index (χ0v) is 22.2. The van der Waals surface area contributed by atoms with E-state index in [0.29, 0.717) is 24.4 Å². The Labute approximate surface area is 222 Å². The summed E-state index contributed by atoms with van der Waals surface area (Å²) in [4.78, 5) is 63.6. The third-order valence-electron chi connectivity index (χ3n) is 6.20. The van der Waals surface area contributed by atoms with Crippen LogP contribution in [0.5, 0.6) is 0 Å². The Morgan fingerprint density at radius 2 is 1.73 bits per heavy atom. The minimum absolute atomic E-state index is 0.0150. The number of ketones is 1. The molecule has 4 N–H and O–H groups in total. The largest absolute Gasteiger partial charge is 0.356 e. The van der Waals surface area contributed by atoms with Gasteiger partial charge in [0.05, 0.1) is 6.04 Å². The van der Waals surface area contributed by atoms with Crippen molar-refractivity contribution in [2.24, 2.45) is 11.3 Å². The molecule has 1 aliphatic heterocycles. The van der Waals surface area contributed by atoms with Gasteiger partial charge >= 0.3 is 0 Å². The van der Waals surface area contributed by atoms with Gasteiger partial charge in [0, 0.05) is 29.6 Å². The molecular formula is C27H35ClN4O5. The first-order valence-corrected chi connectivity index (χ1v) is 13.0. The number of hydrogen-bond acceptors (Lipinski definition) is 5. The molecule has 0 spiro atoms. The number of benzene rings is 1. The molecule has 0 aromatic heterocycles. The van der Waals surface area contributed by atoms with Crippen molar-refractivity contribution >= 4 is 47.1 Å². The molecule has 37 heavy (non-hydrogen) atoms. The normalized spacial score (nSPS) is 19.1. The first-order chi connectivity index (χ1) is 17.4. The molecule has 0 bridgehead atoms. The molecule has 4 amide bonds. The number of Topliss-reactive ketones (excluding diaryl/α,β-unsaturated/α-hetero) is 1. The molecule has 9 nitrogen and oxygen atoms in total. The molecular weight excluding hydrogens is 496 g/mol. The van der Waals surface area contributed by atoms with Crippen molar-refractivity contribution in [2.45, 2.75) is 71.0 Å². The van der Waals surface area contributed by atoms with Crippen LogP contribution in [0.4, 0.5) is 0 Å². The summed E-state index contributed by atoms with van der Waals surface area (Å²) in [6.45, 7) is 6.27. The number of carbonyl (C=O) groups is 5. The van der Waals surface area contributed by atoms with Gasteiger partial charge in [0.1, 0.15) is 6.04 Å². The first kappa shape index (κ1) is 28.4. The molecule has 0 radical (unpaired) electrons. The van der Waals surface area contributed by atoms with Gasteiger partial charge in [-0.3, -0.25) is 24.0 Å². The highest BCUT2D eigenvalue weighted by Crippen LogP contribution is 2.23. The van der Waals surface area contributed by atoms with Crippen LogP contribution in [0.1, 0.15) is 58.4 Å². The van der Waals surface area contributed by atoms with Crippen LogP contribution in [-0.2, 0) is 24.0 Å². The molecule has 2 unspecified atom stereocenters. The van der Waals surface area contributed by atoms with E-state index >= 15 is 0 Å². The van der Waals surface area contributed by atoms with Crippen molar-refractivity contribution < 1.29 is 24.0 Å². The molecule has 2 fully saturated rings. The third kappa shape index (κ3) is 9.31. The lowest BCUT2D eigenvalue weighted by Gasteiger charge is -2.28. The van der Waals surface area contributed by atoms with Gasteiger partial charge in [-0.1, -0.05) is 44.5 Å². The molecule has 1 saturated heterocycles. The highest BCUT2D eigenvalue weighted by Gasteiger charge is 2.37. The van der Waals surface area contributed by atoms with Crippen molar-refractivity contribution in [1.29, 1.82) is 0 Å². The van der Waals surface area contributed by atoms with Crippen LogP contribution < -0.4 is 21.3 Å². The third-order valence-corrected chi connectivity index (χ3v) is 6.45. The van der Waals surface area contributed by atoms with Crippen molar-refractivity contribution in [1.82, 2.24) is 21.3 Å².